The number of imidazole rings is 1. The summed E-state index contributed by atoms with van der Waals surface area (Å²) < 4.78 is 33.6. The van der Waals surface area contributed by atoms with Gasteiger partial charge in [-0.05, 0) is 6.07 Å². The van der Waals surface area contributed by atoms with Crippen LogP contribution in [0.2, 0.25) is 0 Å². The van der Waals surface area contributed by atoms with E-state index in [4.69, 9.17) is 10.5 Å². The number of rotatable bonds is 4. The quantitative estimate of drug-likeness (QED) is 0.745. The fraction of sp³-hybridized carbons (Fsp3) is 0.0909. The Morgan fingerprint density at radius 3 is 2.90 bits per heavy atom. The first kappa shape index (κ1) is 13.6. The molecule has 0 radical (unpaired) electrons. The molecule has 3 heterocycles. The molecular formula is C11H11N5O3S2. The molecule has 3 aromatic heterocycles. The Morgan fingerprint density at radius 1 is 1.43 bits per heavy atom. The van der Waals surface area contributed by atoms with Crippen molar-refractivity contribution in [3.05, 3.63) is 29.9 Å². The van der Waals surface area contributed by atoms with E-state index in [-0.39, 0.29) is 10.8 Å². The number of thiazole rings is 1. The molecule has 0 aliphatic carbocycles. The Balaban J connectivity index is 1.99. The van der Waals surface area contributed by atoms with Crippen molar-refractivity contribution in [2.75, 3.05) is 17.6 Å². The molecule has 0 atom stereocenters. The maximum Gasteiger partial charge on any atom is 0.281 e. The predicted octanol–water partition coefficient (Wildman–Crippen LogP) is 1.18. The molecular weight excluding hydrogens is 314 g/mol. The predicted molar refractivity (Wildman–Crippen MR) is 79.1 cm³/mol. The van der Waals surface area contributed by atoms with Crippen LogP contribution in [0, 0.1) is 0 Å². The highest BCUT2D eigenvalue weighted by molar-refractivity contribution is 7.92. The summed E-state index contributed by atoms with van der Waals surface area (Å²) in [6.45, 7) is 0. The first-order valence-electron chi connectivity index (χ1n) is 5.75. The lowest BCUT2D eigenvalue weighted by Gasteiger charge is -2.07. The van der Waals surface area contributed by atoms with Crippen molar-refractivity contribution >= 4 is 37.8 Å². The fourth-order valence-electron chi connectivity index (χ4n) is 1.81. The molecule has 0 aromatic carbocycles. The minimum absolute atomic E-state index is 0.0455. The zero-order valence-corrected chi connectivity index (χ0v) is 12.5. The van der Waals surface area contributed by atoms with Gasteiger partial charge in [-0.15, -0.1) is 11.3 Å². The number of methoxy groups -OCH3 is 1. The summed E-state index contributed by atoms with van der Waals surface area (Å²) in [7, 11) is -2.39. The average Bonchev–Trinajstić information content (AvgIpc) is 2.98. The smallest absolute Gasteiger partial charge is 0.281 e. The van der Waals surface area contributed by atoms with E-state index in [0.717, 1.165) is 0 Å². The number of hydrogen-bond acceptors (Lipinski definition) is 7. The summed E-state index contributed by atoms with van der Waals surface area (Å²) in [6, 6.07) is 3.10. The van der Waals surface area contributed by atoms with Gasteiger partial charge in [0.15, 0.2) is 10.8 Å². The SMILES string of the molecule is COc1ccc(NS(=O)(=O)c2c(N)nc3sccn23)cn1. The van der Waals surface area contributed by atoms with E-state index < -0.39 is 10.0 Å². The van der Waals surface area contributed by atoms with Crippen molar-refractivity contribution in [3.63, 3.8) is 0 Å². The summed E-state index contributed by atoms with van der Waals surface area (Å²) in [6.07, 6.45) is 2.96. The molecule has 0 aliphatic rings. The van der Waals surface area contributed by atoms with Gasteiger partial charge in [-0.1, -0.05) is 0 Å². The maximum absolute atomic E-state index is 12.4. The second-order valence-electron chi connectivity index (χ2n) is 4.05. The highest BCUT2D eigenvalue weighted by atomic mass is 32.2. The largest absolute Gasteiger partial charge is 0.481 e. The van der Waals surface area contributed by atoms with Gasteiger partial charge < -0.3 is 10.5 Å². The second kappa shape index (κ2) is 4.90. The van der Waals surface area contributed by atoms with E-state index in [2.05, 4.69) is 14.7 Å². The monoisotopic (exact) mass is 325 g/mol. The third kappa shape index (κ3) is 2.38. The van der Waals surface area contributed by atoms with Gasteiger partial charge in [0.05, 0.1) is 19.0 Å². The van der Waals surface area contributed by atoms with E-state index in [0.29, 0.717) is 16.5 Å². The lowest BCUT2D eigenvalue weighted by atomic mass is 10.4. The van der Waals surface area contributed by atoms with Gasteiger partial charge in [0.2, 0.25) is 10.9 Å². The molecule has 0 unspecified atom stereocenters. The zero-order valence-electron chi connectivity index (χ0n) is 10.8. The van der Waals surface area contributed by atoms with Gasteiger partial charge in [0.1, 0.15) is 0 Å². The minimum Gasteiger partial charge on any atom is -0.481 e. The van der Waals surface area contributed by atoms with Crippen LogP contribution in [0.3, 0.4) is 0 Å². The number of nitrogen functional groups attached to an aromatic ring is 1. The van der Waals surface area contributed by atoms with E-state index in [1.54, 1.807) is 23.7 Å². The molecule has 0 spiro atoms. The number of pyridine rings is 1. The number of aromatic nitrogens is 3. The zero-order chi connectivity index (χ0) is 15.0. The number of nitrogens with one attached hydrogen (secondary N) is 1. The van der Waals surface area contributed by atoms with Crippen LogP contribution >= 0.6 is 11.3 Å². The Morgan fingerprint density at radius 2 is 2.24 bits per heavy atom. The van der Waals surface area contributed by atoms with Crippen molar-refractivity contribution in [3.8, 4) is 5.88 Å². The second-order valence-corrected chi connectivity index (χ2v) is 6.52. The molecule has 8 nitrogen and oxygen atoms in total. The number of nitrogens with zero attached hydrogens (tertiary/aromatic N) is 3. The van der Waals surface area contributed by atoms with Crippen LogP contribution in [-0.2, 0) is 10.0 Å². The van der Waals surface area contributed by atoms with Crippen molar-refractivity contribution in [1.29, 1.82) is 0 Å². The number of fused-ring (bicyclic) bond motifs is 1. The fourth-order valence-corrected chi connectivity index (χ4v) is 3.85. The van der Waals surface area contributed by atoms with Crippen LogP contribution in [-0.4, -0.2) is 29.9 Å². The normalized spacial score (nSPS) is 11.7. The standard InChI is InChI=1S/C11H11N5O3S2/c1-19-8-3-2-7(6-13-8)15-21(17,18)10-9(12)14-11-16(10)4-5-20-11/h2-6,15H,12H2,1H3. The molecule has 0 saturated carbocycles. The van der Waals surface area contributed by atoms with Crippen molar-refractivity contribution in [2.45, 2.75) is 5.03 Å². The molecule has 10 heteroatoms. The van der Waals surface area contributed by atoms with Gasteiger partial charge in [-0.25, -0.2) is 9.97 Å². The lowest BCUT2D eigenvalue weighted by molar-refractivity contribution is 0.398. The molecule has 0 bridgehead atoms. The van der Waals surface area contributed by atoms with Gasteiger partial charge in [-0.2, -0.15) is 8.42 Å². The first-order valence-corrected chi connectivity index (χ1v) is 8.11. The van der Waals surface area contributed by atoms with Crippen LogP contribution in [0.5, 0.6) is 5.88 Å². The van der Waals surface area contributed by atoms with Gasteiger partial charge in [0, 0.05) is 17.6 Å². The number of ether oxygens (including phenoxy) is 1. The van der Waals surface area contributed by atoms with E-state index in [1.807, 2.05) is 0 Å². The van der Waals surface area contributed by atoms with Crippen molar-refractivity contribution in [1.82, 2.24) is 14.4 Å². The number of nitrogens with two attached hydrogens (primary N) is 1. The van der Waals surface area contributed by atoms with Crippen LogP contribution in [0.25, 0.3) is 4.96 Å². The molecule has 0 fully saturated rings. The molecule has 0 saturated heterocycles. The van der Waals surface area contributed by atoms with Crippen LogP contribution in [0.15, 0.2) is 34.9 Å². The van der Waals surface area contributed by atoms with E-state index in [9.17, 15) is 8.42 Å². The third-order valence-corrected chi connectivity index (χ3v) is 4.87. The maximum atomic E-state index is 12.4. The third-order valence-electron chi connectivity index (χ3n) is 2.70. The van der Waals surface area contributed by atoms with Crippen molar-refractivity contribution < 1.29 is 13.2 Å². The summed E-state index contributed by atoms with van der Waals surface area (Å²) >= 11 is 1.30. The molecule has 0 aliphatic heterocycles. The van der Waals surface area contributed by atoms with Gasteiger partial charge in [0.25, 0.3) is 10.0 Å². The Labute approximate surface area is 124 Å². The number of hydrogen-bond donors (Lipinski definition) is 2. The first-order chi connectivity index (χ1) is 10.0. The molecule has 3 aromatic rings. The summed E-state index contributed by atoms with van der Waals surface area (Å²) in [4.78, 5) is 8.46. The lowest BCUT2D eigenvalue weighted by Crippen LogP contribution is -2.16. The molecule has 3 rings (SSSR count). The van der Waals surface area contributed by atoms with Gasteiger partial charge in [-0.3, -0.25) is 9.12 Å². The molecule has 110 valence electrons. The number of anilines is 2. The van der Waals surface area contributed by atoms with Crippen LogP contribution in [0.4, 0.5) is 11.5 Å². The Bertz CT molecular complexity index is 882. The van der Waals surface area contributed by atoms with Crippen LogP contribution < -0.4 is 15.2 Å². The van der Waals surface area contributed by atoms with Crippen molar-refractivity contribution in [2.24, 2.45) is 0 Å². The summed E-state index contributed by atoms with van der Waals surface area (Å²) in [5.74, 6) is 0.345. The summed E-state index contributed by atoms with van der Waals surface area (Å²) in [5, 5.41) is 1.64. The average molecular weight is 325 g/mol. The highest BCUT2D eigenvalue weighted by Gasteiger charge is 2.24. The van der Waals surface area contributed by atoms with E-state index >= 15 is 0 Å². The Kier molecular flexibility index (Phi) is 3.18. The van der Waals surface area contributed by atoms with Crippen LogP contribution in [0.1, 0.15) is 0 Å². The molecule has 0 amide bonds. The highest BCUT2D eigenvalue weighted by Crippen LogP contribution is 2.25. The summed E-state index contributed by atoms with van der Waals surface area (Å²) in [5.41, 5.74) is 6.01. The van der Waals surface area contributed by atoms with E-state index in [1.165, 1.54) is 29.0 Å². The minimum atomic E-state index is -3.87. The van der Waals surface area contributed by atoms with Gasteiger partial charge >= 0.3 is 0 Å². The topological polar surface area (TPSA) is 112 Å². The molecule has 21 heavy (non-hydrogen) atoms. The molecule has 3 N–H and O–H groups in total. The number of sulfonamides is 1. The Hall–Kier alpha value is -2.33.